The maximum Gasteiger partial charge on any atom is 0.319 e. The Morgan fingerprint density at radius 1 is 1.09 bits per heavy atom. The summed E-state index contributed by atoms with van der Waals surface area (Å²) >= 11 is 0. The number of carbonyl (C=O) groups excluding carboxylic acids is 1. The molecule has 1 aliphatic carbocycles. The maximum absolute atomic E-state index is 12.1. The fourth-order valence-electron chi connectivity index (χ4n) is 2.74. The number of anilines is 1. The van der Waals surface area contributed by atoms with Gasteiger partial charge in [0, 0.05) is 17.6 Å². The van der Waals surface area contributed by atoms with Crippen LogP contribution in [-0.4, -0.2) is 19.2 Å². The van der Waals surface area contributed by atoms with E-state index < -0.39 is 0 Å². The molecule has 0 bridgehead atoms. The normalized spacial score (nSPS) is 14.8. The minimum Gasteiger partial charge on any atom is -0.494 e. The number of hydrogen-bond donors (Lipinski definition) is 2. The number of hydrogen-bond acceptors (Lipinski definition) is 2. The maximum atomic E-state index is 12.1. The number of nitrogens with one attached hydrogen (secondary N) is 2. The van der Waals surface area contributed by atoms with Crippen LogP contribution in [0.3, 0.4) is 0 Å². The Morgan fingerprint density at radius 2 is 1.78 bits per heavy atom. The Kier molecular flexibility index (Phi) is 4.51. The van der Waals surface area contributed by atoms with Crippen LogP contribution in [0, 0.1) is 0 Å². The lowest BCUT2D eigenvalue weighted by Gasteiger charge is -2.17. The van der Waals surface area contributed by atoms with Gasteiger partial charge in [-0.05, 0) is 49.6 Å². The van der Waals surface area contributed by atoms with E-state index in [9.17, 15) is 4.79 Å². The Hall–Kier alpha value is -2.49. The molecule has 1 fully saturated rings. The first-order valence-corrected chi connectivity index (χ1v) is 8.05. The summed E-state index contributed by atoms with van der Waals surface area (Å²) in [7, 11) is 0. The quantitative estimate of drug-likeness (QED) is 0.849. The van der Waals surface area contributed by atoms with E-state index in [0.29, 0.717) is 13.2 Å². The topological polar surface area (TPSA) is 50.4 Å². The van der Waals surface area contributed by atoms with Crippen LogP contribution in [0.4, 0.5) is 10.5 Å². The molecule has 2 N–H and O–H groups in total. The zero-order valence-corrected chi connectivity index (χ0v) is 13.3. The molecule has 23 heavy (non-hydrogen) atoms. The van der Waals surface area contributed by atoms with Crippen LogP contribution in [0.25, 0.3) is 0 Å². The fraction of sp³-hybridized carbons (Fsp3) is 0.316. The highest BCUT2D eigenvalue weighted by atomic mass is 16.5. The van der Waals surface area contributed by atoms with Crippen molar-refractivity contribution in [2.45, 2.75) is 25.2 Å². The third kappa shape index (κ3) is 3.83. The zero-order valence-electron chi connectivity index (χ0n) is 13.3. The predicted molar refractivity (Wildman–Crippen MR) is 92.0 cm³/mol. The average molecular weight is 310 g/mol. The van der Waals surface area contributed by atoms with E-state index in [1.807, 2.05) is 37.3 Å². The van der Waals surface area contributed by atoms with Gasteiger partial charge in [0.15, 0.2) is 0 Å². The van der Waals surface area contributed by atoms with Crippen molar-refractivity contribution >= 4 is 11.7 Å². The van der Waals surface area contributed by atoms with E-state index >= 15 is 0 Å². The molecule has 2 aromatic carbocycles. The van der Waals surface area contributed by atoms with Crippen LogP contribution in [0.15, 0.2) is 54.6 Å². The summed E-state index contributed by atoms with van der Waals surface area (Å²) in [5.74, 6) is 0.805. The largest absolute Gasteiger partial charge is 0.494 e. The molecule has 3 rings (SSSR count). The van der Waals surface area contributed by atoms with Gasteiger partial charge < -0.3 is 15.4 Å². The molecular weight excluding hydrogens is 288 g/mol. The molecule has 4 nitrogen and oxygen atoms in total. The number of urea groups is 1. The van der Waals surface area contributed by atoms with Gasteiger partial charge in [-0.1, -0.05) is 30.3 Å². The van der Waals surface area contributed by atoms with Crippen molar-refractivity contribution in [3.05, 3.63) is 60.2 Å². The van der Waals surface area contributed by atoms with Crippen LogP contribution >= 0.6 is 0 Å². The molecule has 1 saturated carbocycles. The summed E-state index contributed by atoms with van der Waals surface area (Å²) in [4.78, 5) is 12.1. The summed E-state index contributed by atoms with van der Waals surface area (Å²) in [5.41, 5.74) is 2.19. The molecule has 1 aliphatic rings. The lowest BCUT2D eigenvalue weighted by atomic mass is 9.96. The third-order valence-corrected chi connectivity index (χ3v) is 4.25. The molecule has 2 aromatic rings. The molecule has 0 aliphatic heterocycles. The van der Waals surface area contributed by atoms with Crippen LogP contribution in [0.1, 0.15) is 25.3 Å². The first-order valence-electron chi connectivity index (χ1n) is 8.05. The van der Waals surface area contributed by atoms with Crippen molar-refractivity contribution in [2.24, 2.45) is 0 Å². The summed E-state index contributed by atoms with van der Waals surface area (Å²) in [5, 5.41) is 5.85. The lowest BCUT2D eigenvalue weighted by Crippen LogP contribution is -2.35. The number of benzene rings is 2. The standard InChI is InChI=1S/C19H22N2O2/c1-2-23-17-10-8-16(9-11-17)21-18(22)20-14-19(12-13-19)15-6-4-3-5-7-15/h3-11H,2,12-14H2,1H3,(H2,20,21,22). The third-order valence-electron chi connectivity index (χ3n) is 4.25. The smallest absolute Gasteiger partial charge is 0.319 e. The number of carbonyl (C=O) groups is 1. The molecule has 4 heteroatoms. The number of ether oxygens (including phenoxy) is 1. The van der Waals surface area contributed by atoms with Gasteiger partial charge in [0.05, 0.1) is 6.61 Å². The fourth-order valence-corrected chi connectivity index (χ4v) is 2.74. The second-order valence-corrected chi connectivity index (χ2v) is 5.91. The minimum atomic E-state index is -0.170. The van der Waals surface area contributed by atoms with Gasteiger partial charge in [0.2, 0.25) is 0 Å². The highest BCUT2D eigenvalue weighted by Gasteiger charge is 2.44. The molecule has 0 atom stereocenters. The molecule has 0 radical (unpaired) electrons. The van der Waals surface area contributed by atoms with E-state index in [2.05, 4.69) is 34.9 Å². The Labute approximate surface area is 136 Å². The average Bonchev–Trinajstić information content (AvgIpc) is 3.37. The molecule has 120 valence electrons. The Morgan fingerprint density at radius 3 is 2.39 bits per heavy atom. The van der Waals surface area contributed by atoms with Crippen molar-refractivity contribution < 1.29 is 9.53 Å². The van der Waals surface area contributed by atoms with E-state index in [1.54, 1.807) is 0 Å². The SMILES string of the molecule is CCOc1ccc(NC(=O)NCC2(c3ccccc3)CC2)cc1. The van der Waals surface area contributed by atoms with Gasteiger partial charge in [-0.3, -0.25) is 0 Å². The monoisotopic (exact) mass is 310 g/mol. The van der Waals surface area contributed by atoms with Gasteiger partial charge >= 0.3 is 6.03 Å². The van der Waals surface area contributed by atoms with Crippen LogP contribution in [-0.2, 0) is 5.41 Å². The Bertz CT molecular complexity index is 649. The minimum absolute atomic E-state index is 0.122. The van der Waals surface area contributed by atoms with Gasteiger partial charge in [-0.15, -0.1) is 0 Å². The van der Waals surface area contributed by atoms with Crippen LogP contribution in [0.2, 0.25) is 0 Å². The molecule has 0 heterocycles. The van der Waals surface area contributed by atoms with Gasteiger partial charge in [0.25, 0.3) is 0 Å². The molecular formula is C19H22N2O2. The second-order valence-electron chi connectivity index (χ2n) is 5.91. The van der Waals surface area contributed by atoms with Crippen LogP contribution < -0.4 is 15.4 Å². The number of amides is 2. The molecule has 0 saturated heterocycles. The second kappa shape index (κ2) is 6.73. The highest BCUT2D eigenvalue weighted by molar-refractivity contribution is 5.89. The van der Waals surface area contributed by atoms with Crippen molar-refractivity contribution in [1.82, 2.24) is 5.32 Å². The first-order chi connectivity index (χ1) is 11.2. The predicted octanol–water partition coefficient (Wildman–Crippen LogP) is 3.94. The lowest BCUT2D eigenvalue weighted by molar-refractivity contribution is 0.251. The highest BCUT2D eigenvalue weighted by Crippen LogP contribution is 2.47. The number of rotatable bonds is 6. The summed E-state index contributed by atoms with van der Waals surface area (Å²) < 4.78 is 5.39. The summed E-state index contributed by atoms with van der Waals surface area (Å²) in [6, 6.07) is 17.6. The van der Waals surface area contributed by atoms with Crippen molar-refractivity contribution in [3.8, 4) is 5.75 Å². The molecule has 0 unspecified atom stereocenters. The van der Waals surface area contributed by atoms with E-state index in [0.717, 1.165) is 24.3 Å². The van der Waals surface area contributed by atoms with Crippen molar-refractivity contribution in [3.63, 3.8) is 0 Å². The first kappa shape index (κ1) is 15.4. The zero-order chi connectivity index (χ0) is 16.1. The summed E-state index contributed by atoms with van der Waals surface area (Å²) in [6.07, 6.45) is 2.25. The van der Waals surface area contributed by atoms with Gasteiger partial charge in [0.1, 0.15) is 5.75 Å². The van der Waals surface area contributed by atoms with Crippen LogP contribution in [0.5, 0.6) is 5.75 Å². The van der Waals surface area contributed by atoms with Gasteiger partial charge in [-0.25, -0.2) is 4.79 Å². The Balaban J connectivity index is 1.52. The molecule has 2 amide bonds. The van der Waals surface area contributed by atoms with E-state index in [1.165, 1.54) is 5.56 Å². The van der Waals surface area contributed by atoms with E-state index in [-0.39, 0.29) is 11.4 Å². The summed E-state index contributed by atoms with van der Waals surface area (Å²) in [6.45, 7) is 3.24. The van der Waals surface area contributed by atoms with E-state index in [4.69, 9.17) is 4.74 Å². The molecule has 0 aromatic heterocycles. The van der Waals surface area contributed by atoms with Crippen molar-refractivity contribution in [2.75, 3.05) is 18.5 Å². The van der Waals surface area contributed by atoms with Crippen molar-refractivity contribution in [1.29, 1.82) is 0 Å². The molecule has 0 spiro atoms. The van der Waals surface area contributed by atoms with Gasteiger partial charge in [-0.2, -0.15) is 0 Å².